The Morgan fingerprint density at radius 1 is 1.14 bits per heavy atom. The fraction of sp³-hybridized carbons (Fsp3) is 0.400. The zero-order valence-corrected chi connectivity index (χ0v) is 18.8. The molecule has 0 radical (unpaired) electrons. The lowest BCUT2D eigenvalue weighted by atomic mass is 10.1. The lowest BCUT2D eigenvalue weighted by Gasteiger charge is -2.18. The van der Waals surface area contributed by atoms with Crippen LogP contribution in [0.5, 0.6) is 11.5 Å². The highest BCUT2D eigenvalue weighted by Crippen LogP contribution is 2.38. The summed E-state index contributed by atoms with van der Waals surface area (Å²) in [6, 6.07) is 5.66. The predicted octanol–water partition coefficient (Wildman–Crippen LogP) is 4.04. The quantitative estimate of drug-likeness (QED) is 0.497. The molecular formula is C20H24N4O3S2. The molecule has 1 amide bonds. The molecule has 0 N–H and O–H groups in total. The molecule has 0 aliphatic rings. The van der Waals surface area contributed by atoms with Crippen molar-refractivity contribution >= 4 is 39.2 Å². The Labute approximate surface area is 178 Å². The van der Waals surface area contributed by atoms with E-state index < -0.39 is 0 Å². The van der Waals surface area contributed by atoms with Crippen LogP contribution in [-0.4, -0.2) is 59.1 Å². The van der Waals surface area contributed by atoms with Crippen molar-refractivity contribution in [3.63, 3.8) is 0 Å². The van der Waals surface area contributed by atoms with Crippen molar-refractivity contribution in [3.8, 4) is 22.8 Å². The standard InChI is InChI=1S/C20H24N4O3S2/c1-6-24(7-2)16(25)11-28-20-18-19(29-12(3)21-18)17(22-23-20)13-8-9-14(26-4)15(10-13)27-5/h8-10H,6-7,11H2,1-5H3. The first-order valence-corrected chi connectivity index (χ1v) is 11.1. The Bertz CT molecular complexity index is 1020. The van der Waals surface area contributed by atoms with Crippen LogP contribution < -0.4 is 9.47 Å². The van der Waals surface area contributed by atoms with Gasteiger partial charge in [-0.2, -0.15) is 0 Å². The summed E-state index contributed by atoms with van der Waals surface area (Å²) < 4.78 is 11.7. The number of nitrogens with zero attached hydrogens (tertiary/aromatic N) is 4. The number of thioether (sulfide) groups is 1. The van der Waals surface area contributed by atoms with Crippen LogP contribution in [-0.2, 0) is 4.79 Å². The van der Waals surface area contributed by atoms with Gasteiger partial charge in [0.1, 0.15) is 16.2 Å². The van der Waals surface area contributed by atoms with Crippen LogP contribution in [0.2, 0.25) is 0 Å². The van der Waals surface area contributed by atoms with Crippen molar-refractivity contribution in [1.29, 1.82) is 0 Å². The summed E-state index contributed by atoms with van der Waals surface area (Å²) >= 11 is 2.95. The number of amides is 1. The first-order valence-electron chi connectivity index (χ1n) is 9.29. The van der Waals surface area contributed by atoms with Crippen LogP contribution in [0.1, 0.15) is 18.9 Å². The topological polar surface area (TPSA) is 77.4 Å². The molecule has 9 heteroatoms. The second kappa shape index (κ2) is 9.41. The van der Waals surface area contributed by atoms with E-state index >= 15 is 0 Å². The number of benzene rings is 1. The maximum atomic E-state index is 12.4. The molecule has 0 fully saturated rings. The smallest absolute Gasteiger partial charge is 0.232 e. The number of ether oxygens (including phenoxy) is 2. The summed E-state index contributed by atoms with van der Waals surface area (Å²) in [5.74, 6) is 1.69. The molecule has 2 aromatic heterocycles. The molecule has 1 aromatic carbocycles. The van der Waals surface area contributed by atoms with Crippen molar-refractivity contribution in [2.45, 2.75) is 25.8 Å². The number of hydrogen-bond acceptors (Lipinski definition) is 8. The average Bonchev–Trinajstić information content (AvgIpc) is 3.13. The number of hydrogen-bond donors (Lipinski definition) is 0. The van der Waals surface area contributed by atoms with Gasteiger partial charge in [-0.15, -0.1) is 21.5 Å². The molecule has 3 rings (SSSR count). The number of methoxy groups -OCH3 is 2. The third kappa shape index (κ3) is 4.45. The summed E-state index contributed by atoms with van der Waals surface area (Å²) in [6.45, 7) is 7.31. The van der Waals surface area contributed by atoms with Crippen LogP contribution in [0, 0.1) is 6.92 Å². The third-order valence-corrected chi connectivity index (χ3v) is 6.42. The monoisotopic (exact) mass is 432 g/mol. The van der Waals surface area contributed by atoms with Gasteiger partial charge in [-0.3, -0.25) is 4.79 Å². The summed E-state index contributed by atoms with van der Waals surface area (Å²) in [5, 5.41) is 10.5. The zero-order valence-electron chi connectivity index (χ0n) is 17.2. The summed E-state index contributed by atoms with van der Waals surface area (Å²) in [4.78, 5) is 18.8. The fourth-order valence-corrected chi connectivity index (χ4v) is 4.81. The van der Waals surface area contributed by atoms with Gasteiger partial charge in [0, 0.05) is 18.7 Å². The molecule has 2 heterocycles. The van der Waals surface area contributed by atoms with E-state index in [-0.39, 0.29) is 5.91 Å². The normalized spacial score (nSPS) is 10.9. The Morgan fingerprint density at radius 3 is 2.52 bits per heavy atom. The molecule has 0 atom stereocenters. The molecule has 7 nitrogen and oxygen atoms in total. The molecule has 154 valence electrons. The van der Waals surface area contributed by atoms with E-state index in [4.69, 9.17) is 9.47 Å². The lowest BCUT2D eigenvalue weighted by Crippen LogP contribution is -2.31. The van der Waals surface area contributed by atoms with Crippen LogP contribution >= 0.6 is 23.1 Å². The molecule has 29 heavy (non-hydrogen) atoms. The SMILES string of the molecule is CCN(CC)C(=O)CSc1nnc(-c2ccc(OC)c(OC)c2)c2sc(C)nc12. The molecule has 0 aliphatic carbocycles. The van der Waals surface area contributed by atoms with Gasteiger partial charge in [0.2, 0.25) is 5.91 Å². The summed E-state index contributed by atoms with van der Waals surface area (Å²) in [5.41, 5.74) is 2.40. The van der Waals surface area contributed by atoms with Crippen molar-refractivity contribution in [1.82, 2.24) is 20.1 Å². The second-order valence-electron chi connectivity index (χ2n) is 6.19. The van der Waals surface area contributed by atoms with E-state index in [2.05, 4.69) is 15.2 Å². The number of aromatic nitrogens is 3. The maximum Gasteiger partial charge on any atom is 0.232 e. The minimum Gasteiger partial charge on any atom is -0.493 e. The Hall–Kier alpha value is -2.39. The maximum absolute atomic E-state index is 12.4. The van der Waals surface area contributed by atoms with Gasteiger partial charge in [-0.05, 0) is 39.0 Å². The van der Waals surface area contributed by atoms with Gasteiger partial charge < -0.3 is 14.4 Å². The summed E-state index contributed by atoms with van der Waals surface area (Å²) in [7, 11) is 3.21. The minimum atomic E-state index is 0.0888. The molecule has 3 aromatic rings. The highest BCUT2D eigenvalue weighted by atomic mass is 32.2. The van der Waals surface area contributed by atoms with E-state index in [0.717, 1.165) is 26.5 Å². The Morgan fingerprint density at radius 2 is 1.86 bits per heavy atom. The van der Waals surface area contributed by atoms with Gasteiger partial charge in [0.15, 0.2) is 11.5 Å². The van der Waals surface area contributed by atoms with Gasteiger partial charge in [-0.25, -0.2) is 4.98 Å². The van der Waals surface area contributed by atoms with Gasteiger partial charge in [0.05, 0.1) is 29.7 Å². The van der Waals surface area contributed by atoms with Crippen LogP contribution in [0.3, 0.4) is 0 Å². The molecule has 0 bridgehead atoms. The predicted molar refractivity (Wildman–Crippen MR) is 117 cm³/mol. The fourth-order valence-electron chi connectivity index (χ4n) is 2.99. The van der Waals surface area contributed by atoms with E-state index in [1.165, 1.54) is 11.8 Å². The summed E-state index contributed by atoms with van der Waals surface area (Å²) in [6.07, 6.45) is 0. The second-order valence-corrected chi connectivity index (χ2v) is 8.36. The van der Waals surface area contributed by atoms with E-state index in [1.807, 2.05) is 43.9 Å². The van der Waals surface area contributed by atoms with Gasteiger partial charge >= 0.3 is 0 Å². The minimum absolute atomic E-state index is 0.0888. The van der Waals surface area contributed by atoms with Crippen LogP contribution in [0.4, 0.5) is 0 Å². The van der Waals surface area contributed by atoms with Crippen molar-refractivity contribution in [2.24, 2.45) is 0 Å². The largest absolute Gasteiger partial charge is 0.493 e. The number of carbonyl (C=O) groups is 1. The number of carbonyl (C=O) groups excluding carboxylic acids is 1. The van der Waals surface area contributed by atoms with Gasteiger partial charge in [-0.1, -0.05) is 11.8 Å². The van der Waals surface area contributed by atoms with Crippen molar-refractivity contribution in [3.05, 3.63) is 23.2 Å². The molecule has 0 saturated heterocycles. The molecule has 0 aliphatic heterocycles. The Kier molecular flexibility index (Phi) is 6.92. The van der Waals surface area contributed by atoms with E-state index in [0.29, 0.717) is 35.4 Å². The van der Waals surface area contributed by atoms with Crippen LogP contribution in [0.15, 0.2) is 23.2 Å². The molecule has 0 saturated carbocycles. The number of rotatable bonds is 8. The lowest BCUT2D eigenvalue weighted by molar-refractivity contribution is -0.127. The highest BCUT2D eigenvalue weighted by molar-refractivity contribution is 8.00. The van der Waals surface area contributed by atoms with E-state index in [1.54, 1.807) is 25.6 Å². The van der Waals surface area contributed by atoms with E-state index in [9.17, 15) is 4.79 Å². The highest BCUT2D eigenvalue weighted by Gasteiger charge is 2.19. The number of aryl methyl sites for hydroxylation is 1. The molecule has 0 spiro atoms. The third-order valence-electron chi connectivity index (χ3n) is 4.50. The van der Waals surface area contributed by atoms with Crippen molar-refractivity contribution < 1.29 is 14.3 Å². The van der Waals surface area contributed by atoms with Crippen LogP contribution in [0.25, 0.3) is 21.5 Å². The number of fused-ring (bicyclic) bond motifs is 1. The molecular weight excluding hydrogens is 408 g/mol. The Balaban J connectivity index is 1.97. The van der Waals surface area contributed by atoms with Crippen molar-refractivity contribution in [2.75, 3.05) is 33.1 Å². The van der Waals surface area contributed by atoms with Gasteiger partial charge in [0.25, 0.3) is 0 Å². The molecule has 0 unspecified atom stereocenters. The number of thiazole rings is 1. The first-order chi connectivity index (χ1) is 14.0. The zero-order chi connectivity index (χ0) is 21.0. The average molecular weight is 433 g/mol. The first kappa shape index (κ1) is 21.3.